The molecule has 26 heavy (non-hydrogen) atoms. The average Bonchev–Trinajstić information content (AvgIpc) is 3.00. The molecule has 138 valence electrons. The summed E-state index contributed by atoms with van der Waals surface area (Å²) in [6.45, 7) is 4.03. The summed E-state index contributed by atoms with van der Waals surface area (Å²) in [4.78, 5) is 24.9. The molecule has 1 aliphatic carbocycles. The third-order valence-electron chi connectivity index (χ3n) is 5.10. The van der Waals surface area contributed by atoms with Crippen molar-refractivity contribution in [2.24, 2.45) is 13.0 Å². The minimum Gasteiger partial charge on any atom is -0.321 e. The second-order valence-electron chi connectivity index (χ2n) is 7.12. The van der Waals surface area contributed by atoms with Crippen LogP contribution in [0.3, 0.4) is 0 Å². The van der Waals surface area contributed by atoms with Gasteiger partial charge in [0.2, 0.25) is 5.91 Å². The van der Waals surface area contributed by atoms with Gasteiger partial charge in [-0.25, -0.2) is 0 Å². The highest BCUT2D eigenvalue weighted by atomic mass is 16.2. The normalized spacial score (nSPS) is 14.9. The quantitative estimate of drug-likeness (QED) is 0.876. The van der Waals surface area contributed by atoms with Gasteiger partial charge in [0, 0.05) is 24.7 Å². The van der Waals surface area contributed by atoms with Crippen molar-refractivity contribution in [1.29, 1.82) is 0 Å². The summed E-state index contributed by atoms with van der Waals surface area (Å²) in [6, 6.07) is 7.40. The Morgan fingerprint density at radius 3 is 2.46 bits per heavy atom. The molecule has 2 N–H and O–H groups in total. The van der Waals surface area contributed by atoms with Gasteiger partial charge in [0.15, 0.2) is 5.69 Å². The highest BCUT2D eigenvalue weighted by Gasteiger charge is 2.22. The van der Waals surface area contributed by atoms with Crippen molar-refractivity contribution in [3.63, 3.8) is 0 Å². The van der Waals surface area contributed by atoms with Crippen LogP contribution in [0.4, 0.5) is 11.5 Å². The van der Waals surface area contributed by atoms with E-state index in [9.17, 15) is 9.59 Å². The third kappa shape index (κ3) is 4.12. The molecule has 1 heterocycles. The number of aromatic nitrogens is 2. The van der Waals surface area contributed by atoms with Crippen LogP contribution in [0.2, 0.25) is 0 Å². The van der Waals surface area contributed by atoms with E-state index in [1.165, 1.54) is 16.7 Å². The van der Waals surface area contributed by atoms with Crippen molar-refractivity contribution < 1.29 is 9.59 Å². The van der Waals surface area contributed by atoms with Crippen molar-refractivity contribution in [2.45, 2.75) is 46.0 Å². The van der Waals surface area contributed by atoms with Gasteiger partial charge < -0.3 is 10.6 Å². The lowest BCUT2D eigenvalue weighted by Gasteiger charge is -2.20. The fourth-order valence-electron chi connectivity index (χ4n) is 3.30. The molecule has 0 unspecified atom stereocenters. The van der Waals surface area contributed by atoms with E-state index in [1.54, 1.807) is 13.1 Å². The standard InChI is InChI=1S/C20H26N4O2/c1-13-9-10-16(11-14(13)2)21-20(26)17-12-18(24(3)23-17)22-19(25)15-7-5-4-6-8-15/h9-12,15H,4-8H2,1-3H3,(H,21,26)(H,22,25). The molecule has 0 radical (unpaired) electrons. The van der Waals surface area contributed by atoms with Crippen LogP contribution in [0.15, 0.2) is 24.3 Å². The SMILES string of the molecule is Cc1ccc(NC(=O)c2cc(NC(=O)C3CCCCC3)n(C)n2)cc1C. The number of rotatable bonds is 4. The van der Waals surface area contributed by atoms with Crippen LogP contribution in [0, 0.1) is 19.8 Å². The molecule has 0 spiro atoms. The zero-order valence-electron chi connectivity index (χ0n) is 15.6. The van der Waals surface area contributed by atoms with Gasteiger partial charge in [-0.05, 0) is 49.9 Å². The van der Waals surface area contributed by atoms with E-state index in [0.29, 0.717) is 5.82 Å². The topological polar surface area (TPSA) is 76.0 Å². The molecule has 3 rings (SSSR count). The molecule has 0 aliphatic heterocycles. The second kappa shape index (κ2) is 7.72. The predicted octanol–water partition coefficient (Wildman–Crippen LogP) is 3.81. The lowest BCUT2D eigenvalue weighted by Crippen LogP contribution is -2.25. The summed E-state index contributed by atoms with van der Waals surface area (Å²) in [6.07, 6.45) is 5.28. The number of carbonyl (C=O) groups excluding carboxylic acids is 2. The predicted molar refractivity (Wildman–Crippen MR) is 102 cm³/mol. The molecule has 2 aromatic rings. The first kappa shape index (κ1) is 18.2. The average molecular weight is 354 g/mol. The van der Waals surface area contributed by atoms with Crippen LogP contribution < -0.4 is 10.6 Å². The van der Waals surface area contributed by atoms with Crippen LogP contribution >= 0.6 is 0 Å². The number of hydrogen-bond acceptors (Lipinski definition) is 3. The van der Waals surface area contributed by atoms with Crippen molar-refractivity contribution in [3.05, 3.63) is 41.1 Å². The summed E-state index contributed by atoms with van der Waals surface area (Å²) < 4.78 is 1.54. The van der Waals surface area contributed by atoms with Crippen LogP contribution in [0.1, 0.15) is 53.7 Å². The number of amides is 2. The summed E-state index contributed by atoms with van der Waals surface area (Å²) >= 11 is 0. The van der Waals surface area contributed by atoms with Gasteiger partial charge >= 0.3 is 0 Å². The molecule has 1 fully saturated rings. The molecule has 6 nitrogen and oxygen atoms in total. The first-order chi connectivity index (χ1) is 12.4. The second-order valence-corrected chi connectivity index (χ2v) is 7.12. The van der Waals surface area contributed by atoms with Crippen molar-refractivity contribution in [2.75, 3.05) is 10.6 Å². The maximum atomic E-state index is 12.5. The zero-order chi connectivity index (χ0) is 18.7. The van der Waals surface area contributed by atoms with Crippen molar-refractivity contribution >= 4 is 23.3 Å². The Bertz CT molecular complexity index is 819. The van der Waals surface area contributed by atoms with Crippen LogP contribution in [-0.2, 0) is 11.8 Å². The number of nitrogens with one attached hydrogen (secondary N) is 2. The van der Waals surface area contributed by atoms with E-state index < -0.39 is 0 Å². The fourth-order valence-corrected chi connectivity index (χ4v) is 3.30. The summed E-state index contributed by atoms with van der Waals surface area (Å²) in [5, 5.41) is 10.0. The summed E-state index contributed by atoms with van der Waals surface area (Å²) in [5.41, 5.74) is 3.30. The van der Waals surface area contributed by atoms with E-state index in [4.69, 9.17) is 0 Å². The maximum Gasteiger partial charge on any atom is 0.276 e. The van der Waals surface area contributed by atoms with Crippen molar-refractivity contribution in [3.8, 4) is 0 Å². The van der Waals surface area contributed by atoms with Gasteiger partial charge in [0.1, 0.15) is 5.82 Å². The number of hydrogen-bond donors (Lipinski definition) is 2. The lowest BCUT2D eigenvalue weighted by atomic mass is 9.89. The number of anilines is 2. The van der Waals surface area contributed by atoms with Gasteiger partial charge in [-0.15, -0.1) is 0 Å². The zero-order valence-corrected chi connectivity index (χ0v) is 15.6. The van der Waals surface area contributed by atoms with Gasteiger partial charge in [-0.2, -0.15) is 5.10 Å². The van der Waals surface area contributed by atoms with Crippen LogP contribution in [-0.4, -0.2) is 21.6 Å². The van der Waals surface area contributed by atoms with E-state index in [1.807, 2.05) is 32.0 Å². The highest BCUT2D eigenvalue weighted by Crippen LogP contribution is 2.25. The Hall–Kier alpha value is -2.63. The Labute approximate surface area is 154 Å². The minimum absolute atomic E-state index is 0.0221. The van der Waals surface area contributed by atoms with E-state index >= 15 is 0 Å². The van der Waals surface area contributed by atoms with Gasteiger partial charge in [-0.1, -0.05) is 25.3 Å². The van der Waals surface area contributed by atoms with Gasteiger partial charge in [-0.3, -0.25) is 14.3 Å². The molecule has 1 aliphatic rings. The first-order valence-corrected chi connectivity index (χ1v) is 9.17. The lowest BCUT2D eigenvalue weighted by molar-refractivity contribution is -0.120. The van der Waals surface area contributed by atoms with Crippen LogP contribution in [0.25, 0.3) is 0 Å². The summed E-state index contributed by atoms with van der Waals surface area (Å²) in [7, 11) is 1.73. The Morgan fingerprint density at radius 1 is 1.04 bits per heavy atom. The van der Waals surface area contributed by atoms with E-state index in [-0.39, 0.29) is 23.4 Å². The molecule has 2 amide bonds. The maximum absolute atomic E-state index is 12.5. The summed E-state index contributed by atoms with van der Waals surface area (Å²) in [5.74, 6) is 0.341. The Morgan fingerprint density at radius 2 is 1.77 bits per heavy atom. The fraction of sp³-hybridized carbons (Fsp3) is 0.450. The molecule has 0 saturated heterocycles. The van der Waals surface area contributed by atoms with Gasteiger partial charge in [0.25, 0.3) is 5.91 Å². The first-order valence-electron chi connectivity index (χ1n) is 9.17. The van der Waals surface area contributed by atoms with Crippen LogP contribution in [0.5, 0.6) is 0 Å². The number of nitrogens with zero attached hydrogens (tertiary/aromatic N) is 2. The number of aryl methyl sites for hydroxylation is 3. The van der Waals surface area contributed by atoms with Crippen molar-refractivity contribution in [1.82, 2.24) is 9.78 Å². The molecule has 6 heteroatoms. The highest BCUT2D eigenvalue weighted by molar-refractivity contribution is 6.04. The Kier molecular flexibility index (Phi) is 5.40. The molecule has 0 atom stereocenters. The molecular weight excluding hydrogens is 328 g/mol. The molecule has 1 aromatic carbocycles. The van der Waals surface area contributed by atoms with E-state index in [2.05, 4.69) is 15.7 Å². The van der Waals surface area contributed by atoms with Gasteiger partial charge in [0.05, 0.1) is 0 Å². The van der Waals surface area contributed by atoms with E-state index in [0.717, 1.165) is 36.9 Å². The number of carbonyl (C=O) groups is 2. The third-order valence-corrected chi connectivity index (χ3v) is 5.10. The molecular formula is C20H26N4O2. The number of benzene rings is 1. The largest absolute Gasteiger partial charge is 0.321 e. The molecule has 1 saturated carbocycles. The minimum atomic E-state index is -0.290. The monoisotopic (exact) mass is 354 g/mol. The smallest absolute Gasteiger partial charge is 0.276 e. The molecule has 0 bridgehead atoms. The Balaban J connectivity index is 1.67. The molecule has 1 aromatic heterocycles.